The fourth-order valence-corrected chi connectivity index (χ4v) is 2.87. The SMILES string of the molecule is CC(C)C1CCCN1CCOC1(C)CNC1. The van der Waals surface area contributed by atoms with Gasteiger partial charge in [-0.05, 0) is 32.2 Å². The van der Waals surface area contributed by atoms with E-state index < -0.39 is 0 Å². The summed E-state index contributed by atoms with van der Waals surface area (Å²) in [7, 11) is 0. The molecule has 0 aliphatic carbocycles. The van der Waals surface area contributed by atoms with E-state index in [4.69, 9.17) is 4.74 Å². The van der Waals surface area contributed by atoms with Gasteiger partial charge in [0.25, 0.3) is 0 Å². The van der Waals surface area contributed by atoms with Gasteiger partial charge in [0.15, 0.2) is 0 Å². The Bertz CT molecular complexity index is 226. The number of rotatable bonds is 5. The predicted octanol–water partition coefficient (Wildman–Crippen LogP) is 1.49. The van der Waals surface area contributed by atoms with Crippen molar-refractivity contribution in [1.29, 1.82) is 0 Å². The topological polar surface area (TPSA) is 24.5 Å². The summed E-state index contributed by atoms with van der Waals surface area (Å²) in [5.41, 5.74) is 0.118. The summed E-state index contributed by atoms with van der Waals surface area (Å²) in [6, 6.07) is 0.788. The average Bonchev–Trinajstić information content (AvgIpc) is 2.63. The highest BCUT2D eigenvalue weighted by atomic mass is 16.5. The van der Waals surface area contributed by atoms with E-state index in [1.54, 1.807) is 0 Å². The van der Waals surface area contributed by atoms with Crippen LogP contribution in [0, 0.1) is 5.92 Å². The first kappa shape index (κ1) is 12.3. The van der Waals surface area contributed by atoms with Gasteiger partial charge >= 0.3 is 0 Å². The van der Waals surface area contributed by atoms with Crippen molar-refractivity contribution in [3.63, 3.8) is 0 Å². The van der Waals surface area contributed by atoms with Crippen molar-refractivity contribution < 1.29 is 4.74 Å². The molecular formula is C13H26N2O. The molecule has 1 atom stereocenters. The van der Waals surface area contributed by atoms with E-state index in [0.29, 0.717) is 0 Å². The zero-order valence-corrected chi connectivity index (χ0v) is 11.0. The molecule has 0 radical (unpaired) electrons. The van der Waals surface area contributed by atoms with E-state index in [1.807, 2.05) is 0 Å². The van der Waals surface area contributed by atoms with E-state index in [9.17, 15) is 0 Å². The lowest BCUT2D eigenvalue weighted by molar-refractivity contribution is -0.0735. The van der Waals surface area contributed by atoms with Crippen LogP contribution in [0.25, 0.3) is 0 Å². The van der Waals surface area contributed by atoms with Crippen molar-refractivity contribution in [3.8, 4) is 0 Å². The Balaban J connectivity index is 1.69. The molecule has 3 nitrogen and oxygen atoms in total. The second-order valence-electron chi connectivity index (χ2n) is 5.89. The second kappa shape index (κ2) is 5.03. The van der Waals surface area contributed by atoms with Crippen LogP contribution in [0.1, 0.15) is 33.6 Å². The lowest BCUT2D eigenvalue weighted by Crippen LogP contribution is -2.59. The lowest BCUT2D eigenvalue weighted by Gasteiger charge is -2.39. The summed E-state index contributed by atoms with van der Waals surface area (Å²) in [4.78, 5) is 2.61. The van der Waals surface area contributed by atoms with Gasteiger partial charge in [-0.3, -0.25) is 4.90 Å². The first-order valence-electron chi connectivity index (χ1n) is 6.69. The third-order valence-corrected chi connectivity index (χ3v) is 4.01. The fourth-order valence-electron chi connectivity index (χ4n) is 2.87. The van der Waals surface area contributed by atoms with Gasteiger partial charge in [0.05, 0.1) is 12.2 Å². The Kier molecular flexibility index (Phi) is 3.88. The minimum atomic E-state index is 0.118. The zero-order chi connectivity index (χ0) is 11.6. The molecule has 0 aromatic carbocycles. The summed E-state index contributed by atoms with van der Waals surface area (Å²) in [6.45, 7) is 12.2. The van der Waals surface area contributed by atoms with E-state index in [2.05, 4.69) is 31.0 Å². The van der Waals surface area contributed by atoms with E-state index in [-0.39, 0.29) is 5.60 Å². The third kappa shape index (κ3) is 2.76. The molecule has 2 rings (SSSR count). The van der Waals surface area contributed by atoms with E-state index in [1.165, 1.54) is 19.4 Å². The molecule has 2 fully saturated rings. The summed E-state index contributed by atoms with van der Waals surface area (Å²) < 4.78 is 5.95. The van der Waals surface area contributed by atoms with Crippen molar-refractivity contribution in [1.82, 2.24) is 10.2 Å². The molecule has 1 N–H and O–H groups in total. The number of hydrogen-bond acceptors (Lipinski definition) is 3. The molecule has 2 heterocycles. The summed E-state index contributed by atoms with van der Waals surface area (Å²) in [6.07, 6.45) is 2.73. The number of hydrogen-bond donors (Lipinski definition) is 1. The molecule has 3 heteroatoms. The van der Waals surface area contributed by atoms with Crippen LogP contribution < -0.4 is 5.32 Å². The second-order valence-corrected chi connectivity index (χ2v) is 5.89. The molecule has 0 spiro atoms. The largest absolute Gasteiger partial charge is 0.371 e. The lowest BCUT2D eigenvalue weighted by atomic mass is 10.0. The van der Waals surface area contributed by atoms with Gasteiger partial charge in [-0.15, -0.1) is 0 Å². The number of nitrogens with zero attached hydrogens (tertiary/aromatic N) is 1. The fraction of sp³-hybridized carbons (Fsp3) is 1.00. The van der Waals surface area contributed by atoms with Crippen molar-refractivity contribution in [2.75, 3.05) is 32.8 Å². The standard InChI is InChI=1S/C13H26N2O/c1-11(2)12-5-4-6-15(12)7-8-16-13(3)9-14-10-13/h11-12,14H,4-10H2,1-3H3. The van der Waals surface area contributed by atoms with Gasteiger partial charge in [-0.2, -0.15) is 0 Å². The quantitative estimate of drug-likeness (QED) is 0.768. The maximum absolute atomic E-state index is 5.95. The molecule has 0 saturated carbocycles. The Hall–Kier alpha value is -0.120. The monoisotopic (exact) mass is 226 g/mol. The Labute approximate surface area is 99.5 Å². The number of ether oxygens (including phenoxy) is 1. The first-order chi connectivity index (χ1) is 7.61. The van der Waals surface area contributed by atoms with Crippen LogP contribution in [-0.2, 0) is 4.74 Å². The van der Waals surface area contributed by atoms with E-state index >= 15 is 0 Å². The van der Waals surface area contributed by atoms with Crippen molar-refractivity contribution in [2.24, 2.45) is 5.92 Å². The highest BCUT2D eigenvalue weighted by Gasteiger charge is 2.33. The molecule has 94 valence electrons. The Morgan fingerprint density at radius 3 is 2.75 bits per heavy atom. The zero-order valence-electron chi connectivity index (χ0n) is 11.0. The van der Waals surface area contributed by atoms with E-state index in [0.717, 1.165) is 38.2 Å². The minimum Gasteiger partial charge on any atom is -0.371 e. The van der Waals surface area contributed by atoms with Gasteiger partial charge < -0.3 is 10.1 Å². The molecule has 2 saturated heterocycles. The number of nitrogens with one attached hydrogen (secondary N) is 1. The maximum Gasteiger partial charge on any atom is 0.0902 e. The van der Waals surface area contributed by atoms with Gasteiger partial charge in [0.2, 0.25) is 0 Å². The molecule has 0 aromatic rings. The van der Waals surface area contributed by atoms with Crippen LogP contribution >= 0.6 is 0 Å². The van der Waals surface area contributed by atoms with Crippen LogP contribution in [0.5, 0.6) is 0 Å². The molecule has 0 amide bonds. The molecule has 2 aliphatic rings. The van der Waals surface area contributed by atoms with Gasteiger partial charge in [-0.1, -0.05) is 13.8 Å². The molecule has 16 heavy (non-hydrogen) atoms. The molecular weight excluding hydrogens is 200 g/mol. The summed E-state index contributed by atoms with van der Waals surface area (Å²) in [5, 5.41) is 3.27. The minimum absolute atomic E-state index is 0.118. The van der Waals surface area contributed by atoms with Crippen molar-refractivity contribution >= 4 is 0 Å². The van der Waals surface area contributed by atoms with Crippen LogP contribution in [-0.4, -0.2) is 49.3 Å². The van der Waals surface area contributed by atoms with Crippen LogP contribution in [0.15, 0.2) is 0 Å². The predicted molar refractivity (Wildman–Crippen MR) is 66.7 cm³/mol. The molecule has 1 unspecified atom stereocenters. The van der Waals surface area contributed by atoms with Crippen LogP contribution in [0.2, 0.25) is 0 Å². The average molecular weight is 226 g/mol. The number of likely N-dealkylation sites (tertiary alicyclic amines) is 1. The van der Waals surface area contributed by atoms with Crippen molar-refractivity contribution in [3.05, 3.63) is 0 Å². The first-order valence-corrected chi connectivity index (χ1v) is 6.69. The molecule has 2 aliphatic heterocycles. The third-order valence-electron chi connectivity index (χ3n) is 4.01. The summed E-state index contributed by atoms with van der Waals surface area (Å²) >= 11 is 0. The molecule has 0 aromatic heterocycles. The van der Waals surface area contributed by atoms with Crippen LogP contribution in [0.4, 0.5) is 0 Å². The maximum atomic E-state index is 5.95. The Morgan fingerprint density at radius 1 is 1.44 bits per heavy atom. The molecule has 0 bridgehead atoms. The Morgan fingerprint density at radius 2 is 2.19 bits per heavy atom. The van der Waals surface area contributed by atoms with Crippen LogP contribution in [0.3, 0.4) is 0 Å². The highest BCUT2D eigenvalue weighted by molar-refractivity contribution is 4.90. The summed E-state index contributed by atoms with van der Waals surface area (Å²) in [5.74, 6) is 0.781. The normalized spacial score (nSPS) is 29.6. The van der Waals surface area contributed by atoms with Crippen molar-refractivity contribution in [2.45, 2.75) is 45.3 Å². The van der Waals surface area contributed by atoms with Gasteiger partial charge in [0.1, 0.15) is 0 Å². The van der Waals surface area contributed by atoms with Gasteiger partial charge in [-0.25, -0.2) is 0 Å². The van der Waals surface area contributed by atoms with Gasteiger partial charge in [0, 0.05) is 25.7 Å². The highest BCUT2D eigenvalue weighted by Crippen LogP contribution is 2.23. The smallest absolute Gasteiger partial charge is 0.0902 e.